The topological polar surface area (TPSA) is 79.2 Å². The van der Waals surface area contributed by atoms with Gasteiger partial charge in [-0.25, -0.2) is 0 Å². The van der Waals surface area contributed by atoms with E-state index in [9.17, 15) is 4.79 Å². The fourth-order valence-electron chi connectivity index (χ4n) is 3.20. The van der Waals surface area contributed by atoms with Crippen molar-refractivity contribution in [3.63, 3.8) is 0 Å². The maximum absolute atomic E-state index is 12.8. The van der Waals surface area contributed by atoms with Crippen molar-refractivity contribution in [1.29, 1.82) is 0 Å². The number of hydrogen-bond donors (Lipinski definition) is 1. The number of furan rings is 1. The van der Waals surface area contributed by atoms with E-state index in [-0.39, 0.29) is 5.91 Å². The van der Waals surface area contributed by atoms with E-state index in [2.05, 4.69) is 21.2 Å². The highest BCUT2D eigenvalue weighted by atomic mass is 79.9. The van der Waals surface area contributed by atoms with Gasteiger partial charge in [0.2, 0.25) is 5.91 Å². The molecule has 168 valence electrons. The zero-order valence-corrected chi connectivity index (χ0v) is 19.8. The molecule has 0 bridgehead atoms. The summed E-state index contributed by atoms with van der Waals surface area (Å²) in [4.78, 5) is 12.8. The summed E-state index contributed by atoms with van der Waals surface area (Å²) in [5.74, 6) is 2.52. The van der Waals surface area contributed by atoms with Crippen LogP contribution in [0.3, 0.4) is 0 Å². The van der Waals surface area contributed by atoms with E-state index >= 15 is 0 Å². The van der Waals surface area contributed by atoms with Crippen LogP contribution >= 0.6 is 15.9 Å². The summed E-state index contributed by atoms with van der Waals surface area (Å²) in [6.07, 6.45) is 4.57. The van der Waals surface area contributed by atoms with Crippen LogP contribution in [-0.4, -0.2) is 34.3 Å². The molecule has 0 aliphatic heterocycles. The third kappa shape index (κ3) is 5.26. The van der Waals surface area contributed by atoms with Gasteiger partial charge in [-0.15, -0.1) is 0 Å². The van der Waals surface area contributed by atoms with Crippen LogP contribution in [0.1, 0.15) is 22.9 Å². The monoisotopic (exact) mass is 501 g/mol. The van der Waals surface area contributed by atoms with Crippen molar-refractivity contribution in [1.82, 2.24) is 5.32 Å². The predicted molar refractivity (Wildman–Crippen MR) is 125 cm³/mol. The third-order valence-electron chi connectivity index (χ3n) is 4.78. The van der Waals surface area contributed by atoms with Gasteiger partial charge < -0.3 is 28.7 Å². The number of rotatable bonds is 9. The van der Waals surface area contributed by atoms with Crippen LogP contribution in [0.25, 0.3) is 6.08 Å². The lowest BCUT2D eigenvalue weighted by atomic mass is 9.97. The smallest absolute Gasteiger partial charge is 0.244 e. The maximum atomic E-state index is 12.8. The van der Waals surface area contributed by atoms with Crippen LogP contribution < -0.4 is 24.3 Å². The molecule has 1 amide bonds. The number of nitrogens with one attached hydrogen (secondary N) is 1. The number of carbonyl (C=O) groups excluding carboxylic acids is 1. The van der Waals surface area contributed by atoms with E-state index in [1.165, 1.54) is 6.08 Å². The summed E-state index contributed by atoms with van der Waals surface area (Å²) in [7, 11) is 6.26. The molecule has 32 heavy (non-hydrogen) atoms. The van der Waals surface area contributed by atoms with Crippen LogP contribution in [0.15, 0.2) is 63.7 Å². The van der Waals surface area contributed by atoms with Crippen LogP contribution in [0.2, 0.25) is 0 Å². The summed E-state index contributed by atoms with van der Waals surface area (Å²) in [5.41, 5.74) is 1.56. The first kappa shape index (κ1) is 23.3. The van der Waals surface area contributed by atoms with Gasteiger partial charge in [0.1, 0.15) is 5.76 Å². The lowest BCUT2D eigenvalue weighted by Gasteiger charge is -2.23. The van der Waals surface area contributed by atoms with E-state index < -0.39 is 6.04 Å². The highest BCUT2D eigenvalue weighted by Crippen LogP contribution is 2.39. The minimum atomic E-state index is -0.530. The molecule has 3 rings (SSSR count). The molecule has 0 fully saturated rings. The zero-order chi connectivity index (χ0) is 23.1. The standard InChI is InChI=1S/C24H24BrNO6/c1-28-19-9-7-15(12-20(19)29-2)24(26-23(27)10-8-16-6-5-11-32-16)17-13-21(30-3)22(31-4)14-18(17)25/h5-14,24H,1-4H3,(H,26,27)/b10-8+/t24-/m1/s1. The normalized spacial score (nSPS) is 11.8. The Labute approximate surface area is 195 Å². The average Bonchev–Trinajstić information content (AvgIpc) is 3.34. The Hall–Kier alpha value is -3.39. The van der Waals surface area contributed by atoms with Crippen molar-refractivity contribution in [3.05, 3.63) is 76.2 Å². The average molecular weight is 502 g/mol. The van der Waals surface area contributed by atoms with E-state index in [4.69, 9.17) is 23.4 Å². The number of amides is 1. The van der Waals surface area contributed by atoms with E-state index in [1.807, 2.05) is 18.2 Å². The Morgan fingerprint density at radius 3 is 2.22 bits per heavy atom. The lowest BCUT2D eigenvalue weighted by Crippen LogP contribution is -2.28. The molecule has 1 heterocycles. The Bertz CT molecular complexity index is 1090. The summed E-state index contributed by atoms with van der Waals surface area (Å²) in [5, 5.41) is 3.04. The highest BCUT2D eigenvalue weighted by molar-refractivity contribution is 9.10. The van der Waals surface area contributed by atoms with Gasteiger partial charge in [-0.1, -0.05) is 22.0 Å². The molecule has 1 atom stereocenters. The molecule has 7 nitrogen and oxygen atoms in total. The summed E-state index contributed by atoms with van der Waals surface area (Å²) in [6, 6.07) is 12.1. The molecule has 0 aliphatic rings. The molecular formula is C24H24BrNO6. The van der Waals surface area contributed by atoms with Gasteiger partial charge in [-0.2, -0.15) is 0 Å². The van der Waals surface area contributed by atoms with Crippen LogP contribution in [0.4, 0.5) is 0 Å². The predicted octanol–water partition coefficient (Wildman–Crippen LogP) is 5.00. The maximum Gasteiger partial charge on any atom is 0.244 e. The number of methoxy groups -OCH3 is 4. The number of carbonyl (C=O) groups is 1. The van der Waals surface area contributed by atoms with Gasteiger partial charge in [0.25, 0.3) is 0 Å². The van der Waals surface area contributed by atoms with Crippen LogP contribution in [-0.2, 0) is 4.79 Å². The van der Waals surface area contributed by atoms with Gasteiger partial charge in [0.15, 0.2) is 23.0 Å². The molecule has 1 aromatic heterocycles. The van der Waals surface area contributed by atoms with E-state index in [0.29, 0.717) is 28.8 Å². The Balaban J connectivity index is 2.04. The molecule has 2 aromatic carbocycles. The van der Waals surface area contributed by atoms with Gasteiger partial charge in [0.05, 0.1) is 40.7 Å². The minimum Gasteiger partial charge on any atom is -0.493 e. The molecule has 0 radical (unpaired) electrons. The molecule has 0 unspecified atom stereocenters. The van der Waals surface area contributed by atoms with Crippen molar-refractivity contribution < 1.29 is 28.2 Å². The Morgan fingerprint density at radius 2 is 1.59 bits per heavy atom. The number of halogens is 1. The van der Waals surface area contributed by atoms with Gasteiger partial charge in [0, 0.05) is 10.5 Å². The molecule has 0 aliphatic carbocycles. The molecule has 0 saturated heterocycles. The minimum absolute atomic E-state index is 0.303. The second-order valence-electron chi connectivity index (χ2n) is 6.63. The van der Waals surface area contributed by atoms with Crippen molar-refractivity contribution in [2.24, 2.45) is 0 Å². The van der Waals surface area contributed by atoms with Crippen molar-refractivity contribution >= 4 is 27.9 Å². The molecule has 0 spiro atoms. The van der Waals surface area contributed by atoms with E-state index in [0.717, 1.165) is 15.6 Å². The molecule has 1 N–H and O–H groups in total. The summed E-state index contributed by atoms with van der Waals surface area (Å²) < 4.78 is 27.7. The van der Waals surface area contributed by atoms with E-state index in [1.54, 1.807) is 65.0 Å². The molecule has 0 saturated carbocycles. The first-order valence-electron chi connectivity index (χ1n) is 9.66. The summed E-state index contributed by atoms with van der Waals surface area (Å²) in [6.45, 7) is 0. The molecule has 8 heteroatoms. The second kappa shape index (κ2) is 10.8. The molecule has 3 aromatic rings. The largest absolute Gasteiger partial charge is 0.493 e. The van der Waals surface area contributed by atoms with Crippen LogP contribution in [0.5, 0.6) is 23.0 Å². The van der Waals surface area contributed by atoms with Gasteiger partial charge in [-0.3, -0.25) is 4.79 Å². The van der Waals surface area contributed by atoms with Gasteiger partial charge in [-0.05, 0) is 53.6 Å². The quantitative estimate of drug-likeness (QED) is 0.415. The first-order valence-corrected chi connectivity index (χ1v) is 10.5. The van der Waals surface area contributed by atoms with Crippen LogP contribution in [0, 0.1) is 0 Å². The second-order valence-corrected chi connectivity index (χ2v) is 7.49. The highest BCUT2D eigenvalue weighted by Gasteiger charge is 2.23. The van der Waals surface area contributed by atoms with Crippen molar-refractivity contribution in [3.8, 4) is 23.0 Å². The van der Waals surface area contributed by atoms with Crippen molar-refractivity contribution in [2.75, 3.05) is 28.4 Å². The SMILES string of the molecule is COc1ccc([C@@H](NC(=O)/C=C/c2ccco2)c2cc(OC)c(OC)cc2Br)cc1OC. The summed E-state index contributed by atoms with van der Waals surface area (Å²) >= 11 is 3.60. The first-order chi connectivity index (χ1) is 15.5. The molecular weight excluding hydrogens is 478 g/mol. The Morgan fingerprint density at radius 1 is 0.938 bits per heavy atom. The number of hydrogen-bond acceptors (Lipinski definition) is 6. The fourth-order valence-corrected chi connectivity index (χ4v) is 3.75. The Kier molecular flexibility index (Phi) is 7.83. The fraction of sp³-hybridized carbons (Fsp3) is 0.208. The van der Waals surface area contributed by atoms with Gasteiger partial charge >= 0.3 is 0 Å². The zero-order valence-electron chi connectivity index (χ0n) is 18.2. The lowest BCUT2D eigenvalue weighted by molar-refractivity contribution is -0.116. The third-order valence-corrected chi connectivity index (χ3v) is 5.47. The number of benzene rings is 2. The number of ether oxygens (including phenoxy) is 4. The van der Waals surface area contributed by atoms with Crippen molar-refractivity contribution in [2.45, 2.75) is 6.04 Å².